The Morgan fingerprint density at radius 3 is 1.58 bits per heavy atom. The Labute approximate surface area is 466 Å². The monoisotopic (exact) mass is 1020 g/mol. The van der Waals surface area contributed by atoms with E-state index in [4.69, 9.17) is 18.0 Å². The second kappa shape index (κ2) is 28.8. The van der Waals surface area contributed by atoms with E-state index >= 15 is 0 Å². The molecule has 0 radical (unpaired) electrons. The highest BCUT2D eigenvalue weighted by atomic mass is 35.5. The van der Waals surface area contributed by atoms with Crippen molar-refractivity contribution in [3.05, 3.63) is 130 Å². The molecular weight excluding hydrogens is 952 g/mol. The third-order valence-electron chi connectivity index (χ3n) is 14.3. The fourth-order valence-electron chi connectivity index (χ4n) is 10.6. The van der Waals surface area contributed by atoms with Crippen LogP contribution in [0.5, 0.6) is 0 Å². The molecule has 0 unspecified atom stereocenters. The second-order valence-electron chi connectivity index (χ2n) is 20.3. The van der Waals surface area contributed by atoms with Crippen molar-refractivity contribution >= 4 is 50.2 Å². The SMILES string of the molecule is C#CC#CC#CC#CC#CC#CC#CC#CC#CC#CC#C[N+]1=C(/C=C/C2=C(Cl)C(=C/C=C3/N(CCCCCCCCCCCCCC)c4ccc5ccccc5c4C3(C)C)/CCC2)C(C)(C)c2c1ccc1ccccc21. The predicted octanol–water partition coefficient (Wildman–Crippen LogP) is 15.5. The standard InChI is InChI=1S/C74H64ClN2/c1-7-9-11-13-15-17-19-21-22-23-24-25-26-27-28-30-32-34-36-42-59-77-67-55-51-61-45-38-40-49-65(61)71(67)74(5,6)69(77)57-53-63-47-43-46-62(72(63)75)52-56-68-73(3,4)70-64-48-39-37-44-60(64)50-54-66(70)76(68)58-41-35-33-31-29-20-18-16-14-12-10-8-2/h1,37-40,44-45,48-57H,8,10,12,14,16,18,20,29,31,33,35,41,43,46-47,58H2,2-6H3/q+1. The Hall–Kier alpha value is -8.72. The minimum Gasteiger partial charge on any atom is -0.344 e. The van der Waals surface area contributed by atoms with Crippen molar-refractivity contribution in [3.63, 3.8) is 0 Å². The van der Waals surface area contributed by atoms with Gasteiger partial charge in [-0.3, -0.25) is 0 Å². The summed E-state index contributed by atoms with van der Waals surface area (Å²) in [5.74, 6) is 52.1. The number of rotatable bonds is 16. The quantitative estimate of drug-likeness (QED) is 0.0616. The Bertz CT molecular complexity index is 3800. The number of hydrogen-bond donors (Lipinski definition) is 0. The van der Waals surface area contributed by atoms with Crippen LogP contribution in [0.2, 0.25) is 0 Å². The van der Waals surface area contributed by atoms with Gasteiger partial charge in [0.15, 0.2) is 0 Å². The number of fused-ring (bicyclic) bond motifs is 6. The third kappa shape index (κ3) is 14.8. The minimum atomic E-state index is -0.376. The zero-order valence-corrected chi connectivity index (χ0v) is 46.2. The molecule has 0 fully saturated rings. The molecule has 77 heavy (non-hydrogen) atoms. The molecule has 0 N–H and O–H groups in total. The van der Waals surface area contributed by atoms with Gasteiger partial charge in [-0.05, 0) is 143 Å². The first-order valence-electron chi connectivity index (χ1n) is 27.1. The lowest BCUT2D eigenvalue weighted by atomic mass is 9.78. The highest BCUT2D eigenvalue weighted by molar-refractivity contribution is 6.32. The average Bonchev–Trinajstić information content (AvgIpc) is 4.04. The summed E-state index contributed by atoms with van der Waals surface area (Å²) in [6.07, 6.45) is 33.1. The van der Waals surface area contributed by atoms with Crippen LogP contribution in [0.4, 0.5) is 11.4 Å². The van der Waals surface area contributed by atoms with E-state index in [1.54, 1.807) is 0 Å². The van der Waals surface area contributed by atoms with Crippen molar-refractivity contribution in [1.82, 2.24) is 0 Å². The van der Waals surface area contributed by atoms with Gasteiger partial charge in [-0.25, -0.2) is 0 Å². The minimum absolute atomic E-state index is 0.186. The smallest absolute Gasteiger partial charge is 0.243 e. The maximum Gasteiger partial charge on any atom is 0.243 e. The normalized spacial score (nSPS) is 14.9. The first-order valence-corrected chi connectivity index (χ1v) is 27.5. The Morgan fingerprint density at radius 2 is 1.03 bits per heavy atom. The van der Waals surface area contributed by atoms with Crippen LogP contribution >= 0.6 is 11.6 Å². The molecule has 2 nitrogen and oxygen atoms in total. The van der Waals surface area contributed by atoms with Crippen molar-refractivity contribution in [3.8, 4) is 131 Å². The van der Waals surface area contributed by atoms with E-state index < -0.39 is 0 Å². The Kier molecular flexibility index (Phi) is 21.0. The lowest BCUT2D eigenvalue weighted by Crippen LogP contribution is -2.27. The fraction of sp³-hybridized carbons (Fsp3) is 0.311. The Balaban J connectivity index is 1.10. The maximum absolute atomic E-state index is 7.48. The number of unbranched alkanes of at least 4 members (excludes halogenated alkanes) is 11. The molecule has 0 saturated heterocycles. The summed E-state index contributed by atoms with van der Waals surface area (Å²) < 4.78 is 2.08. The first-order chi connectivity index (χ1) is 37.7. The largest absolute Gasteiger partial charge is 0.344 e. The van der Waals surface area contributed by atoms with Crippen molar-refractivity contribution in [2.24, 2.45) is 0 Å². The van der Waals surface area contributed by atoms with Crippen LogP contribution < -0.4 is 4.90 Å². The summed E-state index contributed by atoms with van der Waals surface area (Å²) in [7, 11) is 0. The molecule has 2 heterocycles. The molecule has 4 aromatic rings. The molecule has 4 aromatic carbocycles. The van der Waals surface area contributed by atoms with Gasteiger partial charge in [-0.2, -0.15) is 0 Å². The van der Waals surface area contributed by atoms with Crippen LogP contribution in [0.15, 0.2) is 119 Å². The summed E-state index contributed by atoms with van der Waals surface area (Å²) in [5, 5.41) is 5.85. The van der Waals surface area contributed by atoms with Crippen molar-refractivity contribution in [2.75, 3.05) is 11.4 Å². The Morgan fingerprint density at radius 1 is 0.532 bits per heavy atom. The summed E-state index contributed by atoms with van der Waals surface area (Å²) in [5.41, 5.74) is 9.15. The van der Waals surface area contributed by atoms with Gasteiger partial charge >= 0.3 is 0 Å². The molecule has 3 heteroatoms. The van der Waals surface area contributed by atoms with Crippen LogP contribution in [-0.4, -0.2) is 16.8 Å². The molecule has 2 aliphatic heterocycles. The van der Waals surface area contributed by atoms with Gasteiger partial charge in [-0.1, -0.05) is 170 Å². The van der Waals surface area contributed by atoms with Crippen LogP contribution in [0.3, 0.4) is 0 Å². The van der Waals surface area contributed by atoms with Gasteiger partial charge in [0.05, 0.1) is 11.3 Å². The second-order valence-corrected chi connectivity index (χ2v) is 20.7. The summed E-state index contributed by atoms with van der Waals surface area (Å²) in [4.78, 5) is 2.62. The van der Waals surface area contributed by atoms with E-state index in [1.807, 2.05) is 0 Å². The van der Waals surface area contributed by atoms with Crippen molar-refractivity contribution < 1.29 is 4.58 Å². The maximum atomic E-state index is 7.48. The van der Waals surface area contributed by atoms with Gasteiger partial charge in [-0.15, -0.1) is 11.0 Å². The molecule has 1 aliphatic carbocycles. The molecule has 376 valence electrons. The van der Waals surface area contributed by atoms with Gasteiger partial charge in [0.1, 0.15) is 0 Å². The summed E-state index contributed by atoms with van der Waals surface area (Å²) >= 11 is 7.48. The van der Waals surface area contributed by atoms with E-state index in [9.17, 15) is 0 Å². The molecule has 0 bridgehead atoms. The van der Waals surface area contributed by atoms with E-state index in [0.717, 1.165) is 47.8 Å². The fourth-order valence-corrected chi connectivity index (χ4v) is 11.0. The number of terminal acetylenes is 1. The number of hydrogen-bond acceptors (Lipinski definition) is 1. The highest BCUT2D eigenvalue weighted by Gasteiger charge is 2.46. The number of nitrogens with zero attached hydrogens (tertiary/aromatic N) is 2. The van der Waals surface area contributed by atoms with Crippen molar-refractivity contribution in [2.45, 2.75) is 142 Å². The number of allylic oxidation sites excluding steroid dienone is 8. The highest BCUT2D eigenvalue weighted by Crippen LogP contribution is 2.51. The predicted molar refractivity (Wildman–Crippen MR) is 326 cm³/mol. The van der Waals surface area contributed by atoms with Crippen LogP contribution in [0, 0.1) is 131 Å². The number of benzene rings is 4. The van der Waals surface area contributed by atoms with Crippen molar-refractivity contribution in [1.29, 1.82) is 0 Å². The lowest BCUT2D eigenvalue weighted by molar-refractivity contribution is -0.332. The zero-order chi connectivity index (χ0) is 54.1. The van der Waals surface area contributed by atoms with Crippen LogP contribution in [0.1, 0.15) is 142 Å². The molecule has 7 rings (SSSR count). The van der Waals surface area contributed by atoms with Gasteiger partial charge in [0, 0.05) is 111 Å². The van der Waals surface area contributed by atoms with Gasteiger partial charge in [0.2, 0.25) is 17.4 Å². The number of halogens is 1. The molecule has 3 aliphatic rings. The molecule has 0 spiro atoms. The average molecular weight is 1020 g/mol. The molecular formula is C74H64ClN2+. The first kappa shape index (κ1) is 56.0. The molecule has 0 atom stereocenters. The van der Waals surface area contributed by atoms with E-state index in [2.05, 4.69) is 266 Å². The van der Waals surface area contributed by atoms with Crippen LogP contribution in [-0.2, 0) is 10.8 Å². The number of anilines is 1. The topological polar surface area (TPSA) is 6.25 Å². The third-order valence-corrected chi connectivity index (χ3v) is 14.8. The van der Waals surface area contributed by atoms with Crippen LogP contribution in [0.25, 0.3) is 21.5 Å². The van der Waals surface area contributed by atoms with E-state index in [0.29, 0.717) is 0 Å². The molecule has 0 saturated carbocycles. The lowest BCUT2D eigenvalue weighted by Gasteiger charge is -2.27. The molecule has 0 aromatic heterocycles. The van der Waals surface area contributed by atoms with Gasteiger partial charge < -0.3 is 4.90 Å². The summed E-state index contributed by atoms with van der Waals surface area (Å²) in [6, 6.07) is 29.7. The zero-order valence-electron chi connectivity index (χ0n) is 45.4. The van der Waals surface area contributed by atoms with Gasteiger partial charge in [0.25, 0.3) is 0 Å². The van der Waals surface area contributed by atoms with E-state index in [1.165, 1.54) is 127 Å². The molecule has 0 amide bonds. The summed E-state index contributed by atoms with van der Waals surface area (Å²) in [6.45, 7) is 12.6. The van der Waals surface area contributed by atoms with E-state index in [-0.39, 0.29) is 10.8 Å².